The van der Waals surface area contributed by atoms with Crippen LogP contribution in [0.3, 0.4) is 0 Å². The first-order valence-corrected chi connectivity index (χ1v) is 8.98. The first-order valence-electron chi connectivity index (χ1n) is 6.07. The molecule has 0 aliphatic heterocycles. The molecule has 3 heteroatoms. The summed E-state index contributed by atoms with van der Waals surface area (Å²) in [6, 6.07) is 0. The van der Waals surface area contributed by atoms with E-state index < -0.39 is 8.32 Å². The Morgan fingerprint density at radius 2 is 2.06 bits per heavy atom. The highest BCUT2D eigenvalue weighted by atomic mass is 28.4. The first-order chi connectivity index (χ1) is 7.22. The van der Waals surface area contributed by atoms with Crippen LogP contribution >= 0.6 is 0 Å². The minimum absolute atomic E-state index is 0.253. The zero-order valence-corrected chi connectivity index (χ0v) is 12.2. The molecule has 0 aromatic rings. The van der Waals surface area contributed by atoms with E-state index >= 15 is 0 Å². The Morgan fingerprint density at radius 1 is 1.44 bits per heavy atom. The molecule has 1 atom stereocenters. The van der Waals surface area contributed by atoms with Gasteiger partial charge in [-0.2, -0.15) is 0 Å². The van der Waals surface area contributed by atoms with Gasteiger partial charge in [0.25, 0.3) is 0 Å². The number of carbonyl (C=O) groups excluding carboxylic acids is 1. The maximum absolute atomic E-state index is 11.1. The van der Waals surface area contributed by atoms with Gasteiger partial charge in [0.15, 0.2) is 14.1 Å². The smallest absolute Gasteiger partial charge is 0.192 e. The number of allylic oxidation sites excluding steroid dienone is 1. The van der Waals surface area contributed by atoms with Gasteiger partial charge in [-0.15, -0.1) is 0 Å². The fourth-order valence-electron chi connectivity index (χ4n) is 1.42. The maximum atomic E-state index is 11.1. The van der Waals surface area contributed by atoms with Gasteiger partial charge in [-0.1, -0.05) is 26.8 Å². The molecule has 0 aromatic heterocycles. The maximum Gasteiger partial charge on any atom is 0.192 e. The lowest BCUT2D eigenvalue weighted by molar-refractivity contribution is -0.115. The van der Waals surface area contributed by atoms with Crippen molar-refractivity contribution in [3.05, 3.63) is 12.2 Å². The second-order valence-electron chi connectivity index (χ2n) is 6.20. The Balaban J connectivity index is 2.46. The summed E-state index contributed by atoms with van der Waals surface area (Å²) in [6.07, 6.45) is 5.36. The third-order valence-electron chi connectivity index (χ3n) is 3.78. The quantitative estimate of drug-likeness (QED) is 0.705. The van der Waals surface area contributed by atoms with Crippen molar-refractivity contribution in [2.24, 2.45) is 5.92 Å². The van der Waals surface area contributed by atoms with Crippen LogP contribution in [0.15, 0.2) is 12.2 Å². The van der Waals surface area contributed by atoms with E-state index in [-0.39, 0.29) is 10.8 Å². The van der Waals surface area contributed by atoms with Gasteiger partial charge < -0.3 is 4.43 Å². The fraction of sp³-hybridized carbons (Fsp3) is 0.769. The predicted molar refractivity (Wildman–Crippen MR) is 70.0 cm³/mol. The number of hydrogen-bond acceptors (Lipinski definition) is 2. The van der Waals surface area contributed by atoms with Crippen LogP contribution in [-0.4, -0.2) is 20.7 Å². The molecule has 0 aromatic carbocycles. The van der Waals surface area contributed by atoms with E-state index in [1.54, 1.807) is 6.08 Å². The highest BCUT2D eigenvalue weighted by Crippen LogP contribution is 2.37. The number of hydrogen-bond donors (Lipinski definition) is 0. The summed E-state index contributed by atoms with van der Waals surface area (Å²) < 4.78 is 6.14. The molecule has 0 amide bonds. The molecular formula is C13H24O2Si. The molecular weight excluding hydrogens is 216 g/mol. The van der Waals surface area contributed by atoms with Crippen molar-refractivity contribution in [3.63, 3.8) is 0 Å². The number of ketones is 1. The van der Waals surface area contributed by atoms with Crippen molar-refractivity contribution in [2.75, 3.05) is 6.61 Å². The van der Waals surface area contributed by atoms with Crippen LogP contribution in [0.2, 0.25) is 18.1 Å². The van der Waals surface area contributed by atoms with E-state index in [4.69, 9.17) is 4.43 Å². The van der Waals surface area contributed by atoms with Gasteiger partial charge in [-0.05, 0) is 36.5 Å². The molecule has 0 radical (unpaired) electrons. The average molecular weight is 240 g/mol. The zero-order valence-electron chi connectivity index (χ0n) is 11.2. The monoisotopic (exact) mass is 240 g/mol. The Bertz CT molecular complexity index is 287. The third kappa shape index (κ3) is 3.56. The largest absolute Gasteiger partial charge is 0.416 e. The van der Waals surface area contributed by atoms with E-state index in [1.807, 2.05) is 6.08 Å². The Hall–Kier alpha value is -0.413. The summed E-state index contributed by atoms with van der Waals surface area (Å²) in [4.78, 5) is 11.1. The van der Waals surface area contributed by atoms with Gasteiger partial charge in [0, 0.05) is 13.0 Å². The summed E-state index contributed by atoms with van der Waals surface area (Å²) in [6.45, 7) is 12.1. The molecule has 0 saturated heterocycles. The van der Waals surface area contributed by atoms with Crippen LogP contribution in [0.4, 0.5) is 0 Å². The van der Waals surface area contributed by atoms with Crippen molar-refractivity contribution in [3.8, 4) is 0 Å². The summed E-state index contributed by atoms with van der Waals surface area (Å²) >= 11 is 0. The van der Waals surface area contributed by atoms with Crippen LogP contribution in [-0.2, 0) is 9.22 Å². The first kappa shape index (κ1) is 13.7. The molecule has 0 spiro atoms. The van der Waals surface area contributed by atoms with Crippen molar-refractivity contribution in [1.82, 2.24) is 0 Å². The zero-order chi connectivity index (χ0) is 12.4. The molecule has 0 fully saturated rings. The van der Waals surface area contributed by atoms with Gasteiger partial charge >= 0.3 is 0 Å². The third-order valence-corrected chi connectivity index (χ3v) is 8.28. The van der Waals surface area contributed by atoms with Crippen LogP contribution in [0.25, 0.3) is 0 Å². The highest BCUT2D eigenvalue weighted by Gasteiger charge is 2.37. The lowest BCUT2D eigenvalue weighted by atomic mass is 9.96. The molecule has 0 saturated carbocycles. The van der Waals surface area contributed by atoms with Gasteiger partial charge in [0.1, 0.15) is 0 Å². The average Bonchev–Trinajstić information content (AvgIpc) is 2.15. The minimum Gasteiger partial charge on any atom is -0.416 e. The molecule has 92 valence electrons. The van der Waals surface area contributed by atoms with Gasteiger partial charge in [0.2, 0.25) is 0 Å². The van der Waals surface area contributed by atoms with Crippen molar-refractivity contribution < 1.29 is 9.22 Å². The van der Waals surface area contributed by atoms with Gasteiger partial charge in [-0.3, -0.25) is 4.79 Å². The van der Waals surface area contributed by atoms with Gasteiger partial charge in [-0.25, -0.2) is 0 Å². The molecule has 1 rings (SSSR count). The molecule has 0 bridgehead atoms. The van der Waals surface area contributed by atoms with Crippen molar-refractivity contribution in [2.45, 2.75) is 51.7 Å². The van der Waals surface area contributed by atoms with Crippen LogP contribution in [0.1, 0.15) is 33.6 Å². The number of carbonyl (C=O) groups is 1. The molecule has 1 aliphatic rings. The molecule has 0 N–H and O–H groups in total. The predicted octanol–water partition coefficient (Wildman–Crippen LogP) is 3.54. The second-order valence-corrected chi connectivity index (χ2v) is 11.0. The topological polar surface area (TPSA) is 26.3 Å². The fourth-order valence-corrected chi connectivity index (χ4v) is 2.49. The highest BCUT2D eigenvalue weighted by molar-refractivity contribution is 6.74. The molecule has 2 nitrogen and oxygen atoms in total. The van der Waals surface area contributed by atoms with Crippen LogP contribution in [0, 0.1) is 5.92 Å². The van der Waals surface area contributed by atoms with E-state index in [1.165, 1.54) is 0 Å². The lowest BCUT2D eigenvalue weighted by Crippen LogP contribution is -2.42. The van der Waals surface area contributed by atoms with Gasteiger partial charge in [0.05, 0.1) is 0 Å². The number of rotatable bonds is 3. The Labute approximate surface area is 100 Å². The minimum atomic E-state index is -1.62. The van der Waals surface area contributed by atoms with Crippen molar-refractivity contribution >= 4 is 14.1 Å². The van der Waals surface area contributed by atoms with E-state index in [0.29, 0.717) is 12.3 Å². The Morgan fingerprint density at radius 3 is 2.50 bits per heavy atom. The molecule has 1 aliphatic carbocycles. The SMILES string of the molecule is CC(C)(C)[Si](C)(C)OCC1C=CC(=O)CC1. The molecule has 16 heavy (non-hydrogen) atoms. The van der Waals surface area contributed by atoms with Crippen LogP contribution in [0.5, 0.6) is 0 Å². The molecule has 0 heterocycles. The summed E-state index contributed by atoms with van der Waals surface area (Å²) in [5.74, 6) is 0.690. The summed E-state index contributed by atoms with van der Waals surface area (Å²) in [7, 11) is -1.62. The van der Waals surface area contributed by atoms with E-state index in [0.717, 1.165) is 13.0 Å². The molecule has 1 unspecified atom stereocenters. The Kier molecular flexibility index (Phi) is 4.13. The van der Waals surface area contributed by atoms with E-state index in [2.05, 4.69) is 33.9 Å². The lowest BCUT2D eigenvalue weighted by Gasteiger charge is -2.37. The second kappa shape index (κ2) is 4.84. The standard InChI is InChI=1S/C13H24O2Si/c1-13(2,3)16(4,5)15-10-11-6-8-12(14)9-7-11/h6,8,11H,7,9-10H2,1-5H3. The van der Waals surface area contributed by atoms with E-state index in [9.17, 15) is 4.79 Å². The normalized spacial score (nSPS) is 22.6. The van der Waals surface area contributed by atoms with Crippen LogP contribution < -0.4 is 0 Å². The van der Waals surface area contributed by atoms with Crippen molar-refractivity contribution in [1.29, 1.82) is 0 Å². The summed E-state index contributed by atoms with van der Waals surface area (Å²) in [5, 5.41) is 0.265. The summed E-state index contributed by atoms with van der Waals surface area (Å²) in [5.41, 5.74) is 0.